The summed E-state index contributed by atoms with van der Waals surface area (Å²) < 4.78 is 9.76. The maximum absolute atomic E-state index is 5.35. The van der Waals surface area contributed by atoms with E-state index in [-0.39, 0.29) is 0 Å². The van der Waals surface area contributed by atoms with Crippen molar-refractivity contribution in [3.63, 3.8) is 0 Å². The molecule has 1 aromatic rings. The van der Waals surface area contributed by atoms with Gasteiger partial charge in [-0.05, 0) is 6.42 Å². The minimum atomic E-state index is 0.442. The van der Waals surface area contributed by atoms with Crippen LogP contribution in [0.3, 0.4) is 0 Å². The van der Waals surface area contributed by atoms with Gasteiger partial charge in [0.2, 0.25) is 0 Å². The van der Waals surface area contributed by atoms with Crippen LogP contribution in [0, 0.1) is 0 Å². The number of hydrogen-bond donors (Lipinski definition) is 1. The third-order valence-electron chi connectivity index (χ3n) is 1.35. The van der Waals surface area contributed by atoms with E-state index in [9.17, 15) is 0 Å². The van der Waals surface area contributed by atoms with Gasteiger partial charge in [0.05, 0.1) is 0 Å². The van der Waals surface area contributed by atoms with E-state index in [1.54, 1.807) is 13.2 Å². The summed E-state index contributed by atoms with van der Waals surface area (Å²) in [6.07, 6.45) is 1.77. The first-order valence-corrected chi connectivity index (χ1v) is 3.53. The van der Waals surface area contributed by atoms with Gasteiger partial charge < -0.3 is 15.0 Å². The Morgan fingerprint density at radius 1 is 1.73 bits per heavy atom. The topological polar surface area (TPSA) is 61.3 Å². The Morgan fingerprint density at radius 3 is 3.09 bits per heavy atom. The molecule has 1 aromatic heterocycles. The minimum Gasteiger partial charge on any atom is -0.385 e. The summed E-state index contributed by atoms with van der Waals surface area (Å²) in [5.74, 6) is 1.26. The summed E-state index contributed by atoms with van der Waals surface area (Å²) in [4.78, 5) is 0. The van der Waals surface area contributed by atoms with Gasteiger partial charge in [-0.2, -0.15) is 0 Å². The van der Waals surface area contributed by atoms with Crippen molar-refractivity contribution in [1.29, 1.82) is 0 Å². The quantitative estimate of drug-likeness (QED) is 0.656. The van der Waals surface area contributed by atoms with Gasteiger partial charge in [-0.15, -0.1) is 0 Å². The predicted octanol–water partition coefficient (Wildman–Crippen LogP) is 0.836. The largest absolute Gasteiger partial charge is 0.385 e. The van der Waals surface area contributed by atoms with Crippen molar-refractivity contribution in [2.45, 2.75) is 12.8 Å². The van der Waals surface area contributed by atoms with E-state index >= 15 is 0 Å². The molecule has 0 aliphatic carbocycles. The van der Waals surface area contributed by atoms with Crippen molar-refractivity contribution >= 4 is 5.82 Å². The molecule has 0 radical (unpaired) electrons. The molecule has 0 amide bonds. The first kappa shape index (κ1) is 8.07. The summed E-state index contributed by atoms with van der Waals surface area (Å²) >= 11 is 0. The lowest BCUT2D eigenvalue weighted by atomic mass is 10.2. The zero-order valence-corrected chi connectivity index (χ0v) is 6.54. The third-order valence-corrected chi connectivity index (χ3v) is 1.35. The lowest BCUT2D eigenvalue weighted by Gasteiger charge is -1.93. The molecule has 0 unspecified atom stereocenters. The average molecular weight is 156 g/mol. The van der Waals surface area contributed by atoms with Crippen LogP contribution >= 0.6 is 0 Å². The lowest BCUT2D eigenvalue weighted by Crippen LogP contribution is -1.90. The maximum Gasteiger partial charge on any atom is 0.167 e. The molecule has 62 valence electrons. The van der Waals surface area contributed by atoms with Crippen LogP contribution in [-0.2, 0) is 11.2 Å². The van der Waals surface area contributed by atoms with Gasteiger partial charge >= 0.3 is 0 Å². The molecule has 0 aromatic carbocycles. The van der Waals surface area contributed by atoms with Gasteiger partial charge in [0.25, 0.3) is 0 Å². The molecular formula is C7H12N2O2. The average Bonchev–Trinajstić information content (AvgIpc) is 2.37. The summed E-state index contributed by atoms with van der Waals surface area (Å²) in [5, 5.41) is 3.56. The second kappa shape index (κ2) is 3.98. The number of aryl methyl sites for hydroxylation is 1. The van der Waals surface area contributed by atoms with Gasteiger partial charge in [-0.1, -0.05) is 5.16 Å². The number of nitrogens with two attached hydrogens (primary N) is 1. The van der Waals surface area contributed by atoms with Crippen molar-refractivity contribution in [3.05, 3.63) is 11.8 Å². The Kier molecular flexibility index (Phi) is 2.92. The monoisotopic (exact) mass is 156 g/mol. The van der Waals surface area contributed by atoms with E-state index in [1.807, 2.05) is 0 Å². The van der Waals surface area contributed by atoms with E-state index in [0.29, 0.717) is 5.82 Å². The summed E-state index contributed by atoms with van der Waals surface area (Å²) in [5.41, 5.74) is 5.35. The van der Waals surface area contributed by atoms with Crippen LogP contribution in [-0.4, -0.2) is 18.9 Å². The van der Waals surface area contributed by atoms with E-state index in [1.165, 1.54) is 0 Å². The Labute approximate surface area is 65.3 Å². The van der Waals surface area contributed by atoms with Gasteiger partial charge in [0.1, 0.15) is 5.76 Å². The molecule has 0 aliphatic heterocycles. The van der Waals surface area contributed by atoms with Crippen LogP contribution in [0.25, 0.3) is 0 Å². The summed E-state index contributed by atoms with van der Waals surface area (Å²) in [7, 11) is 1.68. The van der Waals surface area contributed by atoms with Crippen molar-refractivity contribution in [2.24, 2.45) is 0 Å². The highest BCUT2D eigenvalue weighted by Crippen LogP contribution is 2.06. The van der Waals surface area contributed by atoms with Crippen LogP contribution in [0.15, 0.2) is 10.6 Å². The molecule has 4 heteroatoms. The first-order valence-electron chi connectivity index (χ1n) is 3.53. The van der Waals surface area contributed by atoms with Crippen molar-refractivity contribution in [1.82, 2.24) is 5.16 Å². The van der Waals surface area contributed by atoms with Crippen LogP contribution in [0.1, 0.15) is 12.2 Å². The maximum atomic E-state index is 5.35. The molecule has 4 nitrogen and oxygen atoms in total. The second-order valence-corrected chi connectivity index (χ2v) is 2.31. The van der Waals surface area contributed by atoms with E-state index in [2.05, 4.69) is 5.16 Å². The zero-order valence-electron chi connectivity index (χ0n) is 6.54. The van der Waals surface area contributed by atoms with Gasteiger partial charge in [0, 0.05) is 26.2 Å². The highest BCUT2D eigenvalue weighted by atomic mass is 16.5. The summed E-state index contributed by atoms with van der Waals surface area (Å²) in [6, 6.07) is 1.73. The fourth-order valence-electron chi connectivity index (χ4n) is 0.838. The number of rotatable bonds is 4. The number of hydrogen-bond acceptors (Lipinski definition) is 4. The van der Waals surface area contributed by atoms with E-state index in [4.69, 9.17) is 15.0 Å². The zero-order chi connectivity index (χ0) is 8.10. The van der Waals surface area contributed by atoms with Gasteiger partial charge in [-0.3, -0.25) is 0 Å². The molecule has 0 aliphatic rings. The standard InChI is InChI=1S/C7H12N2O2/c1-10-4-2-3-6-5-7(8)9-11-6/h5H,2-4H2,1H3,(H2,8,9). The number of aromatic nitrogens is 1. The SMILES string of the molecule is COCCCc1cc(N)no1. The number of nitrogens with zero attached hydrogens (tertiary/aromatic N) is 1. The van der Waals surface area contributed by atoms with E-state index < -0.39 is 0 Å². The van der Waals surface area contributed by atoms with Crippen LogP contribution in [0.2, 0.25) is 0 Å². The number of methoxy groups -OCH3 is 1. The molecule has 2 N–H and O–H groups in total. The number of nitrogen functional groups attached to an aromatic ring is 1. The predicted molar refractivity (Wildman–Crippen MR) is 41.1 cm³/mol. The molecule has 0 fully saturated rings. The molecule has 0 saturated heterocycles. The first-order chi connectivity index (χ1) is 5.33. The smallest absolute Gasteiger partial charge is 0.167 e. The van der Waals surface area contributed by atoms with Gasteiger partial charge in [0.15, 0.2) is 5.82 Å². The fourth-order valence-corrected chi connectivity index (χ4v) is 0.838. The highest BCUT2D eigenvalue weighted by Gasteiger charge is 1.99. The number of anilines is 1. The summed E-state index contributed by atoms with van der Waals surface area (Å²) in [6.45, 7) is 0.737. The minimum absolute atomic E-state index is 0.442. The molecule has 0 saturated carbocycles. The van der Waals surface area contributed by atoms with Crippen molar-refractivity contribution < 1.29 is 9.26 Å². The Morgan fingerprint density at radius 2 is 2.55 bits per heavy atom. The molecule has 1 heterocycles. The number of ether oxygens (including phenoxy) is 1. The molecular weight excluding hydrogens is 144 g/mol. The molecule has 0 atom stereocenters. The van der Waals surface area contributed by atoms with Crippen molar-refractivity contribution in [3.8, 4) is 0 Å². The molecule has 1 rings (SSSR count). The van der Waals surface area contributed by atoms with Crippen LogP contribution in [0.4, 0.5) is 5.82 Å². The highest BCUT2D eigenvalue weighted by molar-refractivity contribution is 5.26. The molecule has 0 bridgehead atoms. The third kappa shape index (κ3) is 2.59. The van der Waals surface area contributed by atoms with Gasteiger partial charge in [-0.25, -0.2) is 0 Å². The molecule has 11 heavy (non-hydrogen) atoms. The Balaban J connectivity index is 2.27. The fraction of sp³-hybridized carbons (Fsp3) is 0.571. The van der Waals surface area contributed by atoms with E-state index in [0.717, 1.165) is 25.2 Å². The van der Waals surface area contributed by atoms with Crippen molar-refractivity contribution in [2.75, 3.05) is 19.5 Å². The Bertz CT molecular complexity index is 210. The second-order valence-electron chi connectivity index (χ2n) is 2.31. The lowest BCUT2D eigenvalue weighted by molar-refractivity contribution is 0.192. The molecule has 0 spiro atoms. The van der Waals surface area contributed by atoms with Crippen LogP contribution < -0.4 is 5.73 Å². The normalized spacial score (nSPS) is 10.3. The van der Waals surface area contributed by atoms with Crippen LogP contribution in [0.5, 0.6) is 0 Å². The Hall–Kier alpha value is -1.03.